The highest BCUT2D eigenvalue weighted by Gasteiger charge is 2.24. The predicted octanol–water partition coefficient (Wildman–Crippen LogP) is 5.35. The molecule has 0 fully saturated rings. The number of carbonyl (C=O) groups is 1. The van der Waals surface area contributed by atoms with Crippen molar-refractivity contribution in [2.24, 2.45) is 0 Å². The number of fused-ring (bicyclic) bond motifs is 1. The van der Waals surface area contributed by atoms with Gasteiger partial charge in [-0.25, -0.2) is 4.98 Å². The average Bonchev–Trinajstić information content (AvgIpc) is 3.33. The van der Waals surface area contributed by atoms with Crippen LogP contribution in [0.15, 0.2) is 65.3 Å². The van der Waals surface area contributed by atoms with Gasteiger partial charge in [0, 0.05) is 0 Å². The third kappa shape index (κ3) is 3.02. The molecule has 130 valence electrons. The van der Waals surface area contributed by atoms with Gasteiger partial charge in [-0.3, -0.25) is 9.69 Å². The van der Waals surface area contributed by atoms with E-state index in [0.29, 0.717) is 17.4 Å². The molecule has 0 atom stereocenters. The Bertz CT molecular complexity index is 1050. The number of rotatable bonds is 4. The quantitative estimate of drug-likeness (QED) is 0.491. The van der Waals surface area contributed by atoms with Gasteiger partial charge < -0.3 is 4.42 Å². The Kier molecular flexibility index (Phi) is 4.31. The van der Waals surface area contributed by atoms with Gasteiger partial charge in [0.15, 0.2) is 10.9 Å². The zero-order chi connectivity index (χ0) is 18.1. The highest BCUT2D eigenvalue weighted by atomic mass is 32.1. The molecule has 0 saturated heterocycles. The molecule has 0 saturated carbocycles. The fourth-order valence-corrected chi connectivity index (χ4v) is 3.88. The van der Waals surface area contributed by atoms with E-state index >= 15 is 0 Å². The lowest BCUT2D eigenvalue weighted by molar-refractivity contribution is 0.0958. The Morgan fingerprint density at radius 3 is 2.62 bits per heavy atom. The summed E-state index contributed by atoms with van der Waals surface area (Å²) in [7, 11) is 0. The van der Waals surface area contributed by atoms with Crippen LogP contribution in [-0.4, -0.2) is 10.9 Å². The second-order valence-corrected chi connectivity index (χ2v) is 7.21. The van der Waals surface area contributed by atoms with Gasteiger partial charge in [-0.15, -0.1) is 0 Å². The van der Waals surface area contributed by atoms with Crippen LogP contribution in [0.5, 0.6) is 0 Å². The first-order valence-electron chi connectivity index (χ1n) is 8.39. The van der Waals surface area contributed by atoms with Gasteiger partial charge in [0.1, 0.15) is 0 Å². The highest BCUT2D eigenvalue weighted by molar-refractivity contribution is 7.22. The molecule has 4 aromatic rings. The standard InChI is InChI=1S/C21H18N2O2S/c1-14-10-11-18-19(15(14)2)22-21(26-18)23(13-16-7-4-3-5-8-16)20(24)17-9-6-12-25-17/h3-12H,13H2,1-2H3. The lowest BCUT2D eigenvalue weighted by Gasteiger charge is -2.18. The molecular formula is C21H18N2O2S. The second-order valence-electron chi connectivity index (χ2n) is 6.20. The van der Waals surface area contributed by atoms with Crippen molar-refractivity contribution in [3.05, 3.63) is 83.3 Å². The Labute approximate surface area is 155 Å². The smallest absolute Gasteiger partial charge is 0.296 e. The molecule has 26 heavy (non-hydrogen) atoms. The molecule has 0 bridgehead atoms. The summed E-state index contributed by atoms with van der Waals surface area (Å²) >= 11 is 1.53. The first-order valence-corrected chi connectivity index (χ1v) is 9.21. The maximum absolute atomic E-state index is 13.0. The first kappa shape index (κ1) is 16.5. The number of benzene rings is 2. The lowest BCUT2D eigenvalue weighted by atomic mass is 10.1. The number of nitrogens with zero attached hydrogens (tertiary/aromatic N) is 2. The van der Waals surface area contributed by atoms with Crippen LogP contribution in [0.2, 0.25) is 0 Å². The summed E-state index contributed by atoms with van der Waals surface area (Å²) in [4.78, 5) is 19.5. The van der Waals surface area contributed by atoms with Gasteiger partial charge in [-0.05, 0) is 48.7 Å². The molecule has 2 aromatic heterocycles. The number of anilines is 1. The topological polar surface area (TPSA) is 46.3 Å². The fraction of sp³-hybridized carbons (Fsp3) is 0.143. The summed E-state index contributed by atoms with van der Waals surface area (Å²) in [6, 6.07) is 17.5. The minimum absolute atomic E-state index is 0.188. The fourth-order valence-electron chi connectivity index (χ4n) is 2.86. The maximum Gasteiger partial charge on any atom is 0.296 e. The zero-order valence-electron chi connectivity index (χ0n) is 14.6. The zero-order valence-corrected chi connectivity index (χ0v) is 15.4. The molecule has 2 aromatic carbocycles. The second kappa shape index (κ2) is 6.77. The van der Waals surface area contributed by atoms with Gasteiger partial charge >= 0.3 is 0 Å². The predicted molar refractivity (Wildman–Crippen MR) is 105 cm³/mol. The van der Waals surface area contributed by atoms with Crippen molar-refractivity contribution in [3.63, 3.8) is 0 Å². The van der Waals surface area contributed by atoms with E-state index in [4.69, 9.17) is 9.40 Å². The van der Waals surface area contributed by atoms with E-state index in [9.17, 15) is 4.79 Å². The van der Waals surface area contributed by atoms with Gasteiger partial charge in [0.25, 0.3) is 5.91 Å². The number of furan rings is 1. The van der Waals surface area contributed by atoms with Gasteiger partial charge in [-0.1, -0.05) is 47.7 Å². The molecule has 2 heterocycles. The molecule has 0 aliphatic heterocycles. The average molecular weight is 362 g/mol. The van der Waals surface area contributed by atoms with Crippen molar-refractivity contribution in [2.45, 2.75) is 20.4 Å². The summed E-state index contributed by atoms with van der Waals surface area (Å²) in [5.41, 5.74) is 4.34. The van der Waals surface area contributed by atoms with Crippen LogP contribution in [0.4, 0.5) is 5.13 Å². The number of amides is 1. The van der Waals surface area contributed by atoms with Gasteiger partial charge in [-0.2, -0.15) is 0 Å². The largest absolute Gasteiger partial charge is 0.459 e. The van der Waals surface area contributed by atoms with Crippen LogP contribution in [0.25, 0.3) is 10.2 Å². The van der Waals surface area contributed by atoms with Crippen LogP contribution in [-0.2, 0) is 6.54 Å². The van der Waals surface area contributed by atoms with Gasteiger partial charge in [0.05, 0.1) is 23.0 Å². The van der Waals surface area contributed by atoms with Crippen LogP contribution in [0, 0.1) is 13.8 Å². The number of carbonyl (C=O) groups excluding carboxylic acids is 1. The van der Waals surface area contributed by atoms with Crippen molar-refractivity contribution in [1.29, 1.82) is 0 Å². The van der Waals surface area contributed by atoms with Crippen LogP contribution < -0.4 is 4.90 Å². The Morgan fingerprint density at radius 1 is 1.08 bits per heavy atom. The van der Waals surface area contributed by atoms with E-state index < -0.39 is 0 Å². The molecule has 1 amide bonds. The first-order chi connectivity index (χ1) is 12.6. The third-order valence-electron chi connectivity index (χ3n) is 4.47. The minimum Gasteiger partial charge on any atom is -0.459 e. The number of hydrogen-bond donors (Lipinski definition) is 0. The number of aromatic nitrogens is 1. The minimum atomic E-state index is -0.188. The van der Waals surface area contributed by atoms with Crippen LogP contribution in [0.1, 0.15) is 27.2 Å². The SMILES string of the molecule is Cc1ccc2sc(N(Cc3ccccc3)C(=O)c3ccco3)nc2c1C. The highest BCUT2D eigenvalue weighted by Crippen LogP contribution is 2.33. The normalized spacial score (nSPS) is 11.0. The van der Waals surface area contributed by atoms with Crippen molar-refractivity contribution in [1.82, 2.24) is 4.98 Å². The molecule has 4 rings (SSSR count). The van der Waals surface area contributed by atoms with E-state index in [1.807, 2.05) is 30.3 Å². The maximum atomic E-state index is 13.0. The van der Waals surface area contributed by atoms with E-state index in [0.717, 1.165) is 21.3 Å². The number of hydrogen-bond acceptors (Lipinski definition) is 4. The molecule has 0 radical (unpaired) electrons. The van der Waals surface area contributed by atoms with E-state index in [1.165, 1.54) is 23.2 Å². The van der Waals surface area contributed by atoms with E-state index in [1.54, 1.807) is 17.0 Å². The third-order valence-corrected chi connectivity index (χ3v) is 5.51. The van der Waals surface area contributed by atoms with Crippen LogP contribution in [0.3, 0.4) is 0 Å². The Morgan fingerprint density at radius 2 is 1.88 bits per heavy atom. The molecule has 0 aliphatic rings. The van der Waals surface area contributed by atoms with Crippen molar-refractivity contribution < 1.29 is 9.21 Å². The Balaban J connectivity index is 1.79. The van der Waals surface area contributed by atoms with Crippen molar-refractivity contribution >= 4 is 32.6 Å². The molecule has 0 N–H and O–H groups in total. The van der Waals surface area contributed by atoms with Crippen molar-refractivity contribution in [3.8, 4) is 0 Å². The summed E-state index contributed by atoms with van der Waals surface area (Å²) in [5.74, 6) is 0.125. The monoisotopic (exact) mass is 362 g/mol. The molecular weight excluding hydrogens is 344 g/mol. The van der Waals surface area contributed by atoms with Gasteiger partial charge in [0.2, 0.25) is 0 Å². The molecule has 0 spiro atoms. The molecule has 0 aliphatic carbocycles. The lowest BCUT2D eigenvalue weighted by Crippen LogP contribution is -2.30. The Hall–Kier alpha value is -2.92. The summed E-state index contributed by atoms with van der Waals surface area (Å²) in [6.45, 7) is 4.58. The molecule has 5 heteroatoms. The summed E-state index contributed by atoms with van der Waals surface area (Å²) < 4.78 is 6.42. The number of aryl methyl sites for hydroxylation is 2. The van der Waals surface area contributed by atoms with E-state index in [2.05, 4.69) is 26.0 Å². The summed E-state index contributed by atoms with van der Waals surface area (Å²) in [6.07, 6.45) is 1.51. The molecule has 4 nitrogen and oxygen atoms in total. The molecule has 0 unspecified atom stereocenters. The summed E-state index contributed by atoms with van der Waals surface area (Å²) in [5, 5.41) is 0.680. The van der Waals surface area contributed by atoms with E-state index in [-0.39, 0.29) is 5.91 Å². The van der Waals surface area contributed by atoms with Crippen molar-refractivity contribution in [2.75, 3.05) is 4.90 Å². The van der Waals surface area contributed by atoms with Crippen LogP contribution >= 0.6 is 11.3 Å². The number of thiazole rings is 1.